The van der Waals surface area contributed by atoms with Crippen molar-refractivity contribution in [1.82, 2.24) is 9.88 Å². The number of nitrogens with one attached hydrogen (secondary N) is 1. The van der Waals surface area contributed by atoms with Crippen molar-refractivity contribution in [3.63, 3.8) is 0 Å². The number of amides is 1. The Kier molecular flexibility index (Phi) is 6.56. The molecule has 0 atom stereocenters. The molecule has 2 heterocycles. The molecule has 0 spiro atoms. The number of H-pyrrole nitrogens is 1. The van der Waals surface area contributed by atoms with Gasteiger partial charge in [0.1, 0.15) is 11.6 Å². The Morgan fingerprint density at radius 2 is 1.96 bits per heavy atom. The average molecular weight is 359 g/mol. The first-order chi connectivity index (χ1) is 12.4. The quantitative estimate of drug-likeness (QED) is 0.804. The first kappa shape index (κ1) is 19.7. The van der Waals surface area contributed by atoms with Crippen LogP contribution in [0.15, 0.2) is 4.79 Å². The zero-order valence-corrected chi connectivity index (χ0v) is 15.6. The Hall–Kier alpha value is -2.62. The van der Waals surface area contributed by atoms with Crippen LogP contribution in [0.3, 0.4) is 0 Å². The number of nitrogens with zero attached hydrogens (tertiary/aromatic N) is 2. The standard InChI is InChI=1S/C19H25N3O4/c1-4-26-19(25)14-7-9-22(10-8-14)17(23)6-5-15-12(2)16(11-20)18(24)21-13(15)3/h14H,4-10H2,1-3H3,(H,21,24). The number of rotatable bonds is 5. The van der Waals surface area contributed by atoms with Gasteiger partial charge in [0.2, 0.25) is 5.91 Å². The Bertz CT molecular complexity index is 783. The number of pyridine rings is 1. The van der Waals surface area contributed by atoms with Gasteiger partial charge in [-0.3, -0.25) is 14.4 Å². The minimum atomic E-state index is -0.390. The summed E-state index contributed by atoms with van der Waals surface area (Å²) in [5.41, 5.74) is 1.89. The SMILES string of the molecule is CCOC(=O)C1CCN(C(=O)CCc2c(C)[nH]c(=O)c(C#N)c2C)CC1. The number of aromatic amines is 1. The normalized spacial score (nSPS) is 14.8. The highest BCUT2D eigenvalue weighted by atomic mass is 16.5. The topological polar surface area (TPSA) is 103 Å². The molecule has 1 aromatic rings. The fraction of sp³-hybridized carbons (Fsp3) is 0.579. The molecule has 7 heteroatoms. The van der Waals surface area contributed by atoms with Crippen LogP contribution in [0.25, 0.3) is 0 Å². The molecule has 1 N–H and O–H groups in total. The van der Waals surface area contributed by atoms with Crippen molar-refractivity contribution in [3.8, 4) is 6.07 Å². The van der Waals surface area contributed by atoms with Crippen LogP contribution in [0, 0.1) is 31.1 Å². The third-order valence-electron chi connectivity index (χ3n) is 4.98. The van der Waals surface area contributed by atoms with E-state index in [4.69, 9.17) is 10.00 Å². The summed E-state index contributed by atoms with van der Waals surface area (Å²) in [6.07, 6.45) is 2.03. The first-order valence-electron chi connectivity index (χ1n) is 8.95. The number of likely N-dealkylation sites (tertiary alicyclic amines) is 1. The number of hydrogen-bond acceptors (Lipinski definition) is 5. The van der Waals surface area contributed by atoms with Crippen molar-refractivity contribution in [1.29, 1.82) is 5.26 Å². The summed E-state index contributed by atoms with van der Waals surface area (Å²) in [5.74, 6) is -0.278. The third-order valence-corrected chi connectivity index (χ3v) is 4.98. The maximum absolute atomic E-state index is 12.5. The summed E-state index contributed by atoms with van der Waals surface area (Å²) in [4.78, 5) is 40.5. The Morgan fingerprint density at radius 1 is 1.31 bits per heavy atom. The Labute approximate surface area is 153 Å². The lowest BCUT2D eigenvalue weighted by molar-refractivity contribution is -0.151. The number of aryl methyl sites for hydroxylation is 1. The van der Waals surface area contributed by atoms with Crippen molar-refractivity contribution < 1.29 is 14.3 Å². The monoisotopic (exact) mass is 359 g/mol. The van der Waals surface area contributed by atoms with Crippen LogP contribution < -0.4 is 5.56 Å². The van der Waals surface area contributed by atoms with E-state index in [0.29, 0.717) is 56.6 Å². The van der Waals surface area contributed by atoms with Gasteiger partial charge in [-0.25, -0.2) is 0 Å². The molecule has 1 saturated heterocycles. The molecule has 1 fully saturated rings. The van der Waals surface area contributed by atoms with Crippen LogP contribution in [-0.4, -0.2) is 41.5 Å². The zero-order chi connectivity index (χ0) is 19.3. The van der Waals surface area contributed by atoms with Crippen molar-refractivity contribution in [2.45, 2.75) is 46.5 Å². The number of carbonyl (C=O) groups excluding carboxylic acids is 2. The summed E-state index contributed by atoms with van der Waals surface area (Å²) in [7, 11) is 0. The average Bonchev–Trinajstić information content (AvgIpc) is 2.61. The van der Waals surface area contributed by atoms with E-state index in [9.17, 15) is 14.4 Å². The first-order valence-corrected chi connectivity index (χ1v) is 8.95. The van der Waals surface area contributed by atoms with Gasteiger partial charge in [0.25, 0.3) is 5.56 Å². The molecule has 140 valence electrons. The Morgan fingerprint density at radius 3 is 2.54 bits per heavy atom. The Balaban J connectivity index is 1.96. The van der Waals surface area contributed by atoms with Gasteiger partial charge in [-0.05, 0) is 51.2 Å². The molecular weight excluding hydrogens is 334 g/mol. The molecule has 26 heavy (non-hydrogen) atoms. The van der Waals surface area contributed by atoms with Crippen molar-refractivity contribution in [3.05, 3.63) is 32.7 Å². The number of hydrogen-bond donors (Lipinski definition) is 1. The molecule has 0 bridgehead atoms. The van der Waals surface area contributed by atoms with E-state index in [1.807, 2.05) is 6.07 Å². The van der Waals surface area contributed by atoms with E-state index in [-0.39, 0.29) is 23.4 Å². The summed E-state index contributed by atoms with van der Waals surface area (Å²) < 4.78 is 5.04. The summed E-state index contributed by atoms with van der Waals surface area (Å²) in [5, 5.41) is 9.12. The van der Waals surface area contributed by atoms with Crippen LogP contribution in [0.1, 0.15) is 48.6 Å². The predicted octanol–water partition coefficient (Wildman–Crippen LogP) is 1.60. The van der Waals surface area contributed by atoms with Crippen LogP contribution in [0.2, 0.25) is 0 Å². The molecule has 2 rings (SSSR count). The van der Waals surface area contributed by atoms with Gasteiger partial charge < -0.3 is 14.6 Å². The third kappa shape index (κ3) is 4.31. The smallest absolute Gasteiger partial charge is 0.309 e. The highest BCUT2D eigenvalue weighted by Crippen LogP contribution is 2.21. The molecular formula is C19H25N3O4. The highest BCUT2D eigenvalue weighted by molar-refractivity contribution is 5.77. The molecule has 0 aliphatic carbocycles. The highest BCUT2D eigenvalue weighted by Gasteiger charge is 2.28. The molecule has 0 aromatic carbocycles. The van der Waals surface area contributed by atoms with Crippen molar-refractivity contribution in [2.75, 3.05) is 19.7 Å². The van der Waals surface area contributed by atoms with E-state index >= 15 is 0 Å². The summed E-state index contributed by atoms with van der Waals surface area (Å²) in [6, 6.07) is 1.93. The van der Waals surface area contributed by atoms with E-state index in [2.05, 4.69) is 4.98 Å². The van der Waals surface area contributed by atoms with Gasteiger partial charge in [-0.2, -0.15) is 5.26 Å². The number of piperidine rings is 1. The molecule has 1 amide bonds. The van der Waals surface area contributed by atoms with E-state index < -0.39 is 5.56 Å². The second-order valence-electron chi connectivity index (χ2n) is 6.58. The maximum atomic E-state index is 12.5. The minimum absolute atomic E-state index is 0.0239. The molecule has 0 saturated carbocycles. The molecule has 1 aromatic heterocycles. The second kappa shape index (κ2) is 8.65. The number of carbonyl (C=O) groups is 2. The predicted molar refractivity (Wildman–Crippen MR) is 95.5 cm³/mol. The zero-order valence-electron chi connectivity index (χ0n) is 15.6. The summed E-state index contributed by atoms with van der Waals surface area (Å²) >= 11 is 0. The lowest BCUT2D eigenvalue weighted by atomic mass is 9.95. The van der Waals surface area contributed by atoms with E-state index in [1.165, 1.54) is 0 Å². The number of esters is 1. The van der Waals surface area contributed by atoms with Crippen molar-refractivity contribution in [2.24, 2.45) is 5.92 Å². The van der Waals surface area contributed by atoms with Crippen LogP contribution >= 0.6 is 0 Å². The van der Waals surface area contributed by atoms with E-state index in [0.717, 1.165) is 5.56 Å². The van der Waals surface area contributed by atoms with Crippen LogP contribution in [0.5, 0.6) is 0 Å². The minimum Gasteiger partial charge on any atom is -0.466 e. The number of nitriles is 1. The molecule has 0 radical (unpaired) electrons. The van der Waals surface area contributed by atoms with Gasteiger partial charge >= 0.3 is 5.97 Å². The van der Waals surface area contributed by atoms with Gasteiger partial charge in [0.15, 0.2) is 0 Å². The fourth-order valence-electron chi connectivity index (χ4n) is 3.44. The second-order valence-corrected chi connectivity index (χ2v) is 6.58. The van der Waals surface area contributed by atoms with Gasteiger partial charge in [0, 0.05) is 25.2 Å². The number of ether oxygens (including phenoxy) is 1. The van der Waals surface area contributed by atoms with Gasteiger partial charge in [0.05, 0.1) is 12.5 Å². The van der Waals surface area contributed by atoms with Crippen LogP contribution in [-0.2, 0) is 20.7 Å². The lowest BCUT2D eigenvalue weighted by Gasteiger charge is -2.31. The van der Waals surface area contributed by atoms with E-state index in [1.54, 1.807) is 25.7 Å². The molecule has 0 unspecified atom stereocenters. The molecule has 1 aliphatic heterocycles. The summed E-state index contributed by atoms with van der Waals surface area (Å²) in [6.45, 7) is 6.78. The van der Waals surface area contributed by atoms with Crippen molar-refractivity contribution >= 4 is 11.9 Å². The van der Waals surface area contributed by atoms with Gasteiger partial charge in [-0.1, -0.05) is 0 Å². The number of aromatic nitrogens is 1. The maximum Gasteiger partial charge on any atom is 0.309 e. The van der Waals surface area contributed by atoms with Gasteiger partial charge in [-0.15, -0.1) is 0 Å². The molecule has 7 nitrogen and oxygen atoms in total. The largest absolute Gasteiger partial charge is 0.466 e. The lowest BCUT2D eigenvalue weighted by Crippen LogP contribution is -2.40. The fourth-order valence-corrected chi connectivity index (χ4v) is 3.44. The van der Waals surface area contributed by atoms with Crippen LogP contribution in [0.4, 0.5) is 0 Å². The molecule has 1 aliphatic rings.